The minimum Gasteiger partial charge on any atom is -0.399 e. The lowest BCUT2D eigenvalue weighted by molar-refractivity contribution is -0.139. The maximum atomic E-state index is 12.5. The number of nitrogen functional groups attached to an aromatic ring is 1. The molecule has 1 aromatic carbocycles. The van der Waals surface area contributed by atoms with Crippen LogP contribution in [0, 0.1) is 0 Å². The van der Waals surface area contributed by atoms with E-state index < -0.39 is 11.9 Å². The van der Waals surface area contributed by atoms with E-state index in [2.05, 4.69) is 9.97 Å². The summed E-state index contributed by atoms with van der Waals surface area (Å²) in [4.78, 5) is 6.96. The summed E-state index contributed by atoms with van der Waals surface area (Å²) in [5.74, 6) is 0. The highest BCUT2D eigenvalue weighted by Crippen LogP contribution is 2.32. The fourth-order valence-electron chi connectivity index (χ4n) is 1.30. The van der Waals surface area contributed by atoms with Crippen molar-refractivity contribution < 1.29 is 13.2 Å². The summed E-state index contributed by atoms with van der Waals surface area (Å²) in [5.41, 5.74) is 4.94. The number of hydrogen-bond donors (Lipinski definition) is 1. The van der Waals surface area contributed by atoms with Crippen molar-refractivity contribution in [2.24, 2.45) is 0 Å². The highest BCUT2D eigenvalue weighted by atomic mass is 19.4. The lowest BCUT2D eigenvalue weighted by Gasteiger charge is -2.08. The van der Waals surface area contributed by atoms with Crippen LogP contribution in [-0.2, 0) is 6.18 Å². The van der Waals surface area contributed by atoms with Crippen molar-refractivity contribution in [3.05, 3.63) is 30.2 Å². The van der Waals surface area contributed by atoms with Gasteiger partial charge in [-0.25, -0.2) is 9.97 Å². The molecule has 0 aliphatic rings. The molecule has 78 valence electrons. The zero-order valence-corrected chi connectivity index (χ0v) is 7.42. The van der Waals surface area contributed by atoms with E-state index in [4.69, 9.17) is 5.73 Å². The number of alkyl halides is 3. The Labute approximate surface area is 82.8 Å². The average molecular weight is 213 g/mol. The Hall–Kier alpha value is -1.85. The van der Waals surface area contributed by atoms with Crippen molar-refractivity contribution >= 4 is 16.6 Å². The molecule has 15 heavy (non-hydrogen) atoms. The molecule has 0 aliphatic heterocycles. The largest absolute Gasteiger partial charge is 0.434 e. The molecule has 1 aromatic heterocycles. The first-order valence-electron chi connectivity index (χ1n) is 4.06. The molecule has 0 saturated heterocycles. The maximum absolute atomic E-state index is 12.5. The van der Waals surface area contributed by atoms with Crippen LogP contribution in [0.3, 0.4) is 0 Å². The van der Waals surface area contributed by atoms with E-state index in [9.17, 15) is 13.2 Å². The minimum atomic E-state index is -4.49. The molecule has 0 bridgehead atoms. The van der Waals surface area contributed by atoms with Gasteiger partial charge in [-0.05, 0) is 18.2 Å². The zero-order chi connectivity index (χ0) is 11.1. The predicted molar refractivity (Wildman–Crippen MR) is 49.0 cm³/mol. The number of benzene rings is 1. The van der Waals surface area contributed by atoms with Crippen LogP contribution in [0.5, 0.6) is 0 Å². The molecule has 6 heteroatoms. The number of nitrogens with two attached hydrogens (primary N) is 1. The summed E-state index contributed by atoms with van der Waals surface area (Å²) in [6, 6.07) is 4.15. The minimum absolute atomic E-state index is 0.0787. The monoisotopic (exact) mass is 213 g/mol. The van der Waals surface area contributed by atoms with E-state index in [1.54, 1.807) is 0 Å². The van der Waals surface area contributed by atoms with Crippen LogP contribution in [-0.4, -0.2) is 9.97 Å². The summed E-state index contributed by atoms with van der Waals surface area (Å²) in [6.07, 6.45) is -3.60. The molecule has 3 nitrogen and oxygen atoms in total. The fourth-order valence-corrected chi connectivity index (χ4v) is 1.30. The second-order valence-corrected chi connectivity index (χ2v) is 3.00. The Kier molecular flexibility index (Phi) is 1.99. The first kappa shape index (κ1) is 9.70. The van der Waals surface area contributed by atoms with Crippen molar-refractivity contribution in [1.29, 1.82) is 0 Å². The van der Waals surface area contributed by atoms with Gasteiger partial charge in [-0.2, -0.15) is 13.2 Å². The predicted octanol–water partition coefficient (Wildman–Crippen LogP) is 2.23. The number of nitrogens with zero attached hydrogens (tertiary/aromatic N) is 2. The van der Waals surface area contributed by atoms with Gasteiger partial charge in [-0.15, -0.1) is 0 Å². The molecular weight excluding hydrogens is 207 g/mol. The van der Waals surface area contributed by atoms with Crippen LogP contribution in [0.4, 0.5) is 18.9 Å². The van der Waals surface area contributed by atoms with E-state index in [1.807, 2.05) is 0 Å². The molecule has 0 fully saturated rings. The van der Waals surface area contributed by atoms with Crippen LogP contribution >= 0.6 is 0 Å². The van der Waals surface area contributed by atoms with Crippen molar-refractivity contribution in [2.75, 3.05) is 5.73 Å². The Bertz CT molecular complexity index is 507. The molecule has 0 saturated carbocycles. The van der Waals surface area contributed by atoms with Crippen molar-refractivity contribution in [2.45, 2.75) is 6.18 Å². The summed E-state index contributed by atoms with van der Waals surface area (Å²) in [7, 11) is 0. The molecule has 0 unspecified atom stereocenters. The summed E-state index contributed by atoms with van der Waals surface area (Å²) in [5, 5.41) is -0.0787. The molecule has 0 atom stereocenters. The number of halogens is 3. The van der Waals surface area contributed by atoms with Crippen LogP contribution in [0.2, 0.25) is 0 Å². The van der Waals surface area contributed by atoms with Crippen molar-refractivity contribution in [3.8, 4) is 0 Å². The second-order valence-electron chi connectivity index (χ2n) is 3.00. The lowest BCUT2D eigenvalue weighted by Crippen LogP contribution is -2.09. The van der Waals surface area contributed by atoms with Crippen LogP contribution in [0.15, 0.2) is 24.5 Å². The topological polar surface area (TPSA) is 51.8 Å². The number of hydrogen-bond acceptors (Lipinski definition) is 3. The van der Waals surface area contributed by atoms with Gasteiger partial charge in [0, 0.05) is 11.1 Å². The number of fused-ring (bicyclic) bond motifs is 1. The van der Waals surface area contributed by atoms with E-state index in [0.29, 0.717) is 0 Å². The van der Waals surface area contributed by atoms with Crippen LogP contribution in [0.25, 0.3) is 10.9 Å². The van der Waals surface area contributed by atoms with Gasteiger partial charge in [0.25, 0.3) is 0 Å². The number of anilines is 1. The molecule has 2 N–H and O–H groups in total. The molecule has 0 aliphatic carbocycles. The third-order valence-electron chi connectivity index (χ3n) is 1.93. The normalized spacial score (nSPS) is 11.9. The van der Waals surface area contributed by atoms with E-state index >= 15 is 0 Å². The first-order valence-corrected chi connectivity index (χ1v) is 4.06. The lowest BCUT2D eigenvalue weighted by atomic mass is 10.1. The highest BCUT2D eigenvalue weighted by molar-refractivity contribution is 5.84. The summed E-state index contributed by atoms with van der Waals surface area (Å²) in [6.45, 7) is 0. The SMILES string of the molecule is Nc1ccc2ncnc(C(F)(F)F)c2c1. The Balaban J connectivity index is 2.80. The van der Waals surface area contributed by atoms with Gasteiger partial charge < -0.3 is 5.73 Å². The van der Waals surface area contributed by atoms with Gasteiger partial charge in [0.05, 0.1) is 5.52 Å². The molecular formula is C9H6F3N3. The number of aromatic nitrogens is 2. The Morgan fingerprint density at radius 3 is 2.53 bits per heavy atom. The van der Waals surface area contributed by atoms with E-state index in [-0.39, 0.29) is 16.6 Å². The van der Waals surface area contributed by atoms with Gasteiger partial charge in [0.1, 0.15) is 6.33 Å². The molecule has 0 amide bonds. The van der Waals surface area contributed by atoms with Crippen molar-refractivity contribution in [1.82, 2.24) is 9.97 Å². The van der Waals surface area contributed by atoms with Gasteiger partial charge in [-0.3, -0.25) is 0 Å². The quantitative estimate of drug-likeness (QED) is 0.682. The van der Waals surface area contributed by atoms with Crippen LogP contribution < -0.4 is 5.73 Å². The standard InChI is InChI=1S/C9H6F3N3/c10-9(11,12)8-6-3-5(13)1-2-7(6)14-4-15-8/h1-4H,13H2. The van der Waals surface area contributed by atoms with E-state index in [1.165, 1.54) is 18.2 Å². The molecule has 2 rings (SSSR count). The molecule has 0 radical (unpaired) electrons. The van der Waals surface area contributed by atoms with Crippen molar-refractivity contribution in [3.63, 3.8) is 0 Å². The third-order valence-corrected chi connectivity index (χ3v) is 1.93. The number of rotatable bonds is 0. The van der Waals surface area contributed by atoms with Gasteiger partial charge in [-0.1, -0.05) is 0 Å². The van der Waals surface area contributed by atoms with Gasteiger partial charge in [0.15, 0.2) is 5.69 Å². The van der Waals surface area contributed by atoms with Crippen LogP contribution in [0.1, 0.15) is 5.69 Å². The summed E-state index contributed by atoms with van der Waals surface area (Å²) < 4.78 is 37.6. The van der Waals surface area contributed by atoms with Gasteiger partial charge >= 0.3 is 6.18 Å². The van der Waals surface area contributed by atoms with E-state index in [0.717, 1.165) is 6.33 Å². The zero-order valence-electron chi connectivity index (χ0n) is 7.42. The summed E-state index contributed by atoms with van der Waals surface area (Å²) >= 11 is 0. The molecule has 0 spiro atoms. The third kappa shape index (κ3) is 1.70. The van der Waals surface area contributed by atoms with Gasteiger partial charge in [0.2, 0.25) is 0 Å². The molecule has 2 aromatic rings. The highest BCUT2D eigenvalue weighted by Gasteiger charge is 2.34. The Morgan fingerprint density at radius 2 is 1.87 bits per heavy atom. The average Bonchev–Trinajstić information content (AvgIpc) is 2.15. The first-order chi connectivity index (χ1) is 6.98. The molecule has 1 heterocycles. The smallest absolute Gasteiger partial charge is 0.399 e. The Morgan fingerprint density at radius 1 is 1.13 bits per heavy atom. The second kappa shape index (κ2) is 3.08. The fraction of sp³-hybridized carbons (Fsp3) is 0.111. The maximum Gasteiger partial charge on any atom is 0.434 e.